The minimum atomic E-state index is -0.249. The van der Waals surface area contributed by atoms with E-state index in [1.54, 1.807) is 0 Å². The van der Waals surface area contributed by atoms with Gasteiger partial charge in [-0.15, -0.1) is 0 Å². The van der Waals surface area contributed by atoms with Crippen LogP contribution in [-0.2, 0) is 4.79 Å². The molecule has 2 aromatic rings. The zero-order valence-corrected chi connectivity index (χ0v) is 21.1. The predicted octanol–water partition coefficient (Wildman–Crippen LogP) is 6.14. The first-order chi connectivity index (χ1) is 15.6. The summed E-state index contributed by atoms with van der Waals surface area (Å²) < 4.78 is 5.71. The normalized spacial score (nSPS) is 21.0. The summed E-state index contributed by atoms with van der Waals surface area (Å²) in [5.74, 6) is 0.906. The van der Waals surface area contributed by atoms with Crippen LogP contribution >= 0.6 is 11.8 Å². The number of rotatable bonds is 5. The van der Waals surface area contributed by atoms with Crippen molar-refractivity contribution in [2.75, 3.05) is 25.1 Å². The number of anilines is 1. The minimum Gasteiger partial charge on any atom is -0.492 e. The third-order valence-electron chi connectivity index (χ3n) is 6.79. The molecule has 1 saturated heterocycles. The van der Waals surface area contributed by atoms with E-state index in [0.717, 1.165) is 40.6 Å². The smallest absolute Gasteiger partial charge is 0.293 e. The van der Waals surface area contributed by atoms with E-state index < -0.39 is 0 Å². The van der Waals surface area contributed by atoms with Crippen molar-refractivity contribution in [1.29, 1.82) is 0 Å². The maximum absolute atomic E-state index is 13.0. The third-order valence-corrected chi connectivity index (χ3v) is 7.69. The number of carbonyl (C=O) groups is 2. The van der Waals surface area contributed by atoms with Gasteiger partial charge in [-0.2, -0.15) is 0 Å². The number of fused-ring (bicyclic) bond motifs is 1. The molecule has 0 N–H and O–H groups in total. The highest BCUT2D eigenvalue weighted by molar-refractivity contribution is 8.18. The number of nitrogens with zero attached hydrogens (tertiary/aromatic N) is 2. The Bertz CT molecular complexity index is 1120. The van der Waals surface area contributed by atoms with Crippen LogP contribution in [0.4, 0.5) is 10.5 Å². The van der Waals surface area contributed by atoms with Crippen molar-refractivity contribution in [2.45, 2.75) is 52.5 Å². The standard InChI is InChI=1S/C27H32N2O3S/c1-17-7-9-21(10-8-17)32-12-11-29-25(30)24(33-26(29)31)15-20-14-22-19(3)16-27(4,5)28(6)23(22)13-18(20)2/h7-10,13-15,19H,11-12,16H2,1-6H3/b24-15+. The van der Waals surface area contributed by atoms with Gasteiger partial charge in [-0.25, -0.2) is 0 Å². The highest BCUT2D eigenvalue weighted by atomic mass is 32.2. The molecule has 2 aliphatic rings. The second kappa shape index (κ2) is 8.90. The molecular weight excluding hydrogens is 432 g/mol. The number of benzene rings is 2. The molecule has 1 atom stereocenters. The summed E-state index contributed by atoms with van der Waals surface area (Å²) in [6.45, 7) is 11.4. The van der Waals surface area contributed by atoms with Crippen molar-refractivity contribution in [3.63, 3.8) is 0 Å². The van der Waals surface area contributed by atoms with Crippen molar-refractivity contribution in [3.8, 4) is 5.75 Å². The Labute approximate surface area is 200 Å². The molecule has 0 spiro atoms. The molecule has 1 unspecified atom stereocenters. The molecule has 1 fully saturated rings. The van der Waals surface area contributed by atoms with Gasteiger partial charge in [0.2, 0.25) is 0 Å². The van der Waals surface area contributed by atoms with Crippen LogP contribution < -0.4 is 9.64 Å². The van der Waals surface area contributed by atoms with E-state index in [2.05, 4.69) is 51.8 Å². The molecule has 2 aliphatic heterocycles. The van der Waals surface area contributed by atoms with Gasteiger partial charge in [0.15, 0.2) is 0 Å². The van der Waals surface area contributed by atoms with Gasteiger partial charge in [-0.3, -0.25) is 14.5 Å². The van der Waals surface area contributed by atoms with Gasteiger partial charge in [0.1, 0.15) is 12.4 Å². The van der Waals surface area contributed by atoms with Crippen molar-refractivity contribution < 1.29 is 14.3 Å². The van der Waals surface area contributed by atoms with Crippen LogP contribution in [0.1, 0.15) is 55.4 Å². The van der Waals surface area contributed by atoms with Crippen molar-refractivity contribution in [2.24, 2.45) is 0 Å². The zero-order valence-electron chi connectivity index (χ0n) is 20.3. The fraction of sp³-hybridized carbons (Fsp3) is 0.407. The Balaban J connectivity index is 1.50. The first kappa shape index (κ1) is 23.4. The number of amides is 2. The maximum atomic E-state index is 13.0. The molecule has 33 heavy (non-hydrogen) atoms. The van der Waals surface area contributed by atoms with Crippen molar-refractivity contribution in [3.05, 3.63) is 63.6 Å². The number of aryl methyl sites for hydroxylation is 2. The molecule has 0 bridgehead atoms. The van der Waals surface area contributed by atoms with Gasteiger partial charge in [-0.1, -0.05) is 24.6 Å². The lowest BCUT2D eigenvalue weighted by Gasteiger charge is -2.45. The van der Waals surface area contributed by atoms with Gasteiger partial charge >= 0.3 is 0 Å². The second-order valence-corrected chi connectivity index (χ2v) is 10.7. The van der Waals surface area contributed by atoms with Gasteiger partial charge in [-0.05, 0) is 98.8 Å². The van der Waals surface area contributed by atoms with Gasteiger partial charge in [0.05, 0.1) is 11.4 Å². The first-order valence-corrected chi connectivity index (χ1v) is 12.2. The number of hydrogen-bond acceptors (Lipinski definition) is 5. The lowest BCUT2D eigenvalue weighted by molar-refractivity contribution is -0.123. The summed E-state index contributed by atoms with van der Waals surface area (Å²) in [6.07, 6.45) is 2.93. The van der Waals surface area contributed by atoms with Crippen LogP contribution in [0.25, 0.3) is 6.08 Å². The molecule has 0 radical (unpaired) electrons. The highest BCUT2D eigenvalue weighted by Crippen LogP contribution is 2.44. The summed E-state index contributed by atoms with van der Waals surface area (Å²) in [6, 6.07) is 12.1. The fourth-order valence-corrected chi connectivity index (χ4v) is 5.47. The first-order valence-electron chi connectivity index (χ1n) is 11.4. The van der Waals surface area contributed by atoms with Crippen molar-refractivity contribution >= 4 is 34.7 Å². The topological polar surface area (TPSA) is 49.9 Å². The Kier molecular flexibility index (Phi) is 6.32. The Hall–Kier alpha value is -2.73. The molecule has 2 heterocycles. The molecule has 2 amide bonds. The summed E-state index contributed by atoms with van der Waals surface area (Å²) in [5, 5.41) is -0.246. The SMILES string of the molecule is Cc1ccc(OCCN2C(=O)S/C(=C/c3cc4c(cc3C)N(C)C(C)(C)CC4C)C2=O)cc1. The molecule has 2 aromatic carbocycles. The molecular formula is C27H32N2O3S. The van der Waals surface area contributed by atoms with E-state index in [-0.39, 0.29) is 29.8 Å². The maximum Gasteiger partial charge on any atom is 0.293 e. The average Bonchev–Trinajstić information content (AvgIpc) is 3.01. The number of thioether (sulfide) groups is 1. The second-order valence-electron chi connectivity index (χ2n) is 9.74. The number of carbonyl (C=O) groups excluding carboxylic acids is 2. The monoisotopic (exact) mass is 464 g/mol. The molecule has 4 rings (SSSR count). The van der Waals surface area contributed by atoms with Crippen LogP contribution in [0.15, 0.2) is 41.3 Å². The Morgan fingerprint density at radius 3 is 2.55 bits per heavy atom. The van der Waals surface area contributed by atoms with Crippen LogP contribution in [0.2, 0.25) is 0 Å². The van der Waals surface area contributed by atoms with Crippen molar-refractivity contribution in [1.82, 2.24) is 4.90 Å². The lowest BCUT2D eigenvalue weighted by atomic mass is 9.79. The summed E-state index contributed by atoms with van der Waals surface area (Å²) >= 11 is 1.00. The van der Waals surface area contributed by atoms with Gasteiger partial charge in [0, 0.05) is 18.3 Å². The Morgan fingerprint density at radius 1 is 1.15 bits per heavy atom. The highest BCUT2D eigenvalue weighted by Gasteiger charge is 2.36. The summed E-state index contributed by atoms with van der Waals surface area (Å²) in [7, 11) is 2.15. The van der Waals surface area contributed by atoms with E-state index in [9.17, 15) is 9.59 Å². The van der Waals surface area contributed by atoms with E-state index in [1.807, 2.05) is 37.3 Å². The van der Waals surface area contributed by atoms with Gasteiger partial charge < -0.3 is 9.64 Å². The molecule has 0 saturated carbocycles. The van der Waals surface area contributed by atoms with E-state index >= 15 is 0 Å². The molecule has 0 aromatic heterocycles. The van der Waals surface area contributed by atoms with Crippen LogP contribution in [0.5, 0.6) is 5.75 Å². The van der Waals surface area contributed by atoms with E-state index in [1.165, 1.54) is 16.2 Å². The molecule has 5 nitrogen and oxygen atoms in total. The van der Waals surface area contributed by atoms with E-state index in [4.69, 9.17) is 4.74 Å². The van der Waals surface area contributed by atoms with E-state index in [0.29, 0.717) is 10.8 Å². The minimum absolute atomic E-state index is 0.101. The van der Waals surface area contributed by atoms with Crippen LogP contribution in [0.3, 0.4) is 0 Å². The molecule has 174 valence electrons. The third kappa shape index (κ3) is 4.67. The lowest BCUT2D eigenvalue weighted by Crippen LogP contribution is -2.45. The van der Waals surface area contributed by atoms with Gasteiger partial charge in [0.25, 0.3) is 11.1 Å². The molecule has 0 aliphatic carbocycles. The number of ether oxygens (including phenoxy) is 1. The number of hydrogen-bond donors (Lipinski definition) is 0. The largest absolute Gasteiger partial charge is 0.492 e. The summed E-state index contributed by atoms with van der Waals surface area (Å²) in [4.78, 5) is 29.6. The fourth-order valence-electron chi connectivity index (χ4n) is 4.61. The number of imide groups is 1. The molecule has 6 heteroatoms. The van der Waals surface area contributed by atoms with Crippen LogP contribution in [0, 0.1) is 13.8 Å². The summed E-state index contributed by atoms with van der Waals surface area (Å²) in [5.41, 5.74) is 5.88. The quantitative estimate of drug-likeness (QED) is 0.498. The Morgan fingerprint density at radius 2 is 1.85 bits per heavy atom. The zero-order chi connectivity index (χ0) is 23.9. The predicted molar refractivity (Wildman–Crippen MR) is 136 cm³/mol. The average molecular weight is 465 g/mol. The van der Waals surface area contributed by atoms with Crippen LogP contribution in [-0.4, -0.2) is 41.8 Å².